The van der Waals surface area contributed by atoms with Crippen LogP contribution < -0.4 is 5.32 Å². The molecule has 1 amide bonds. The summed E-state index contributed by atoms with van der Waals surface area (Å²) in [4.78, 5) is 12.1. The van der Waals surface area contributed by atoms with Crippen molar-refractivity contribution in [3.63, 3.8) is 0 Å². The highest BCUT2D eigenvalue weighted by Gasteiger charge is 2.16. The molecule has 0 aliphatic carbocycles. The van der Waals surface area contributed by atoms with Crippen LogP contribution in [0.5, 0.6) is 0 Å². The Bertz CT molecular complexity index is 513. The standard InChI is InChI=1S/C16H19NO2S/c18-9-2-1-5-13-6-3-7-14(11-13)16(19)17-12-15-8-4-10-20-15/h3,6-7,11,15,18H,2,4,8-10,12H2,(H,17,19). The quantitative estimate of drug-likeness (QED) is 0.834. The number of carbonyl (C=O) groups excluding carboxylic acids is 1. The van der Waals surface area contributed by atoms with Crippen LogP contribution >= 0.6 is 11.8 Å². The van der Waals surface area contributed by atoms with E-state index in [0.29, 0.717) is 17.2 Å². The van der Waals surface area contributed by atoms with Crippen LogP contribution in [0.4, 0.5) is 0 Å². The third-order valence-electron chi connectivity index (χ3n) is 3.11. The van der Waals surface area contributed by atoms with Crippen molar-refractivity contribution in [2.45, 2.75) is 24.5 Å². The van der Waals surface area contributed by atoms with E-state index in [4.69, 9.17) is 5.11 Å². The van der Waals surface area contributed by atoms with Gasteiger partial charge in [0.25, 0.3) is 5.91 Å². The third-order valence-corrected chi connectivity index (χ3v) is 4.51. The SMILES string of the molecule is O=C(NCC1CCCS1)c1cccc(C#CCCO)c1. The van der Waals surface area contributed by atoms with E-state index in [-0.39, 0.29) is 12.5 Å². The summed E-state index contributed by atoms with van der Waals surface area (Å²) >= 11 is 1.94. The molecule has 0 saturated carbocycles. The Morgan fingerprint density at radius 1 is 1.50 bits per heavy atom. The molecule has 0 radical (unpaired) electrons. The first-order valence-electron chi connectivity index (χ1n) is 6.89. The van der Waals surface area contributed by atoms with Crippen molar-refractivity contribution in [2.24, 2.45) is 0 Å². The zero-order valence-electron chi connectivity index (χ0n) is 11.4. The molecule has 20 heavy (non-hydrogen) atoms. The molecule has 0 aromatic heterocycles. The van der Waals surface area contributed by atoms with E-state index >= 15 is 0 Å². The Balaban J connectivity index is 1.92. The van der Waals surface area contributed by atoms with Crippen molar-refractivity contribution in [1.29, 1.82) is 0 Å². The predicted octanol–water partition coefficient (Wildman–Crippen LogP) is 2.05. The molecule has 1 aromatic rings. The smallest absolute Gasteiger partial charge is 0.251 e. The highest BCUT2D eigenvalue weighted by atomic mass is 32.2. The number of hydrogen-bond donors (Lipinski definition) is 2. The molecule has 2 N–H and O–H groups in total. The number of rotatable bonds is 4. The van der Waals surface area contributed by atoms with Gasteiger partial charge in [-0.1, -0.05) is 17.9 Å². The number of amides is 1. The molecule has 1 aliphatic rings. The van der Waals surface area contributed by atoms with Gasteiger partial charge in [-0.05, 0) is 36.8 Å². The Morgan fingerprint density at radius 2 is 2.40 bits per heavy atom. The highest BCUT2D eigenvalue weighted by molar-refractivity contribution is 8.00. The van der Waals surface area contributed by atoms with Crippen molar-refractivity contribution < 1.29 is 9.90 Å². The van der Waals surface area contributed by atoms with E-state index in [9.17, 15) is 4.79 Å². The van der Waals surface area contributed by atoms with Crippen LogP contribution in [-0.2, 0) is 0 Å². The fourth-order valence-corrected chi connectivity index (χ4v) is 3.27. The van der Waals surface area contributed by atoms with Gasteiger partial charge in [-0.25, -0.2) is 0 Å². The van der Waals surface area contributed by atoms with Crippen molar-refractivity contribution in [2.75, 3.05) is 18.9 Å². The van der Waals surface area contributed by atoms with Crippen LogP contribution in [0, 0.1) is 11.8 Å². The van der Waals surface area contributed by atoms with E-state index in [1.807, 2.05) is 23.9 Å². The van der Waals surface area contributed by atoms with Crippen LogP contribution in [0.15, 0.2) is 24.3 Å². The summed E-state index contributed by atoms with van der Waals surface area (Å²) in [6.45, 7) is 0.802. The number of hydrogen-bond acceptors (Lipinski definition) is 3. The molecule has 4 heteroatoms. The first-order chi connectivity index (χ1) is 9.79. The van der Waals surface area contributed by atoms with Crippen LogP contribution in [0.3, 0.4) is 0 Å². The van der Waals surface area contributed by atoms with Crippen LogP contribution in [0.25, 0.3) is 0 Å². The predicted molar refractivity (Wildman–Crippen MR) is 82.8 cm³/mol. The van der Waals surface area contributed by atoms with Crippen LogP contribution in [0.1, 0.15) is 35.2 Å². The molecular formula is C16H19NO2S. The van der Waals surface area contributed by atoms with Gasteiger partial charge in [0.1, 0.15) is 0 Å². The number of nitrogens with one attached hydrogen (secondary N) is 1. The molecule has 0 bridgehead atoms. The lowest BCUT2D eigenvalue weighted by molar-refractivity contribution is 0.0953. The third kappa shape index (κ3) is 4.59. The molecule has 1 atom stereocenters. The minimum Gasteiger partial charge on any atom is -0.395 e. The van der Waals surface area contributed by atoms with Crippen molar-refractivity contribution in [1.82, 2.24) is 5.32 Å². The minimum absolute atomic E-state index is 0.0386. The van der Waals surface area contributed by atoms with Gasteiger partial charge in [-0.15, -0.1) is 0 Å². The summed E-state index contributed by atoms with van der Waals surface area (Å²) in [7, 11) is 0. The maximum Gasteiger partial charge on any atom is 0.251 e. The largest absolute Gasteiger partial charge is 0.395 e. The molecule has 1 saturated heterocycles. The number of thioether (sulfide) groups is 1. The fraction of sp³-hybridized carbons (Fsp3) is 0.438. The summed E-state index contributed by atoms with van der Waals surface area (Å²) in [5.41, 5.74) is 1.45. The lowest BCUT2D eigenvalue weighted by Gasteiger charge is -2.10. The summed E-state index contributed by atoms with van der Waals surface area (Å²) in [5, 5.41) is 12.2. The average molecular weight is 289 g/mol. The second-order valence-corrected chi connectivity index (χ2v) is 6.11. The van der Waals surface area contributed by atoms with E-state index in [1.54, 1.807) is 12.1 Å². The Hall–Kier alpha value is -1.44. The number of carbonyl (C=O) groups is 1. The number of benzene rings is 1. The topological polar surface area (TPSA) is 49.3 Å². The van der Waals surface area contributed by atoms with Gasteiger partial charge in [0.05, 0.1) is 6.61 Å². The zero-order valence-corrected chi connectivity index (χ0v) is 12.2. The van der Waals surface area contributed by atoms with Crippen molar-refractivity contribution in [3.05, 3.63) is 35.4 Å². The molecule has 106 valence electrons. The lowest BCUT2D eigenvalue weighted by atomic mass is 10.1. The summed E-state index contributed by atoms with van der Waals surface area (Å²) in [5.74, 6) is 6.97. The second kappa shape index (κ2) is 7.98. The Morgan fingerprint density at radius 3 is 3.15 bits per heavy atom. The second-order valence-electron chi connectivity index (χ2n) is 4.70. The zero-order chi connectivity index (χ0) is 14.2. The van der Waals surface area contributed by atoms with E-state index in [1.165, 1.54) is 18.6 Å². The fourth-order valence-electron chi connectivity index (χ4n) is 2.07. The minimum atomic E-state index is -0.0386. The van der Waals surface area contributed by atoms with E-state index in [2.05, 4.69) is 17.2 Å². The van der Waals surface area contributed by atoms with Crippen molar-refractivity contribution >= 4 is 17.7 Å². The van der Waals surface area contributed by atoms with Gasteiger partial charge >= 0.3 is 0 Å². The van der Waals surface area contributed by atoms with Gasteiger partial charge in [0.2, 0.25) is 0 Å². The van der Waals surface area contributed by atoms with Gasteiger partial charge in [-0.3, -0.25) is 4.79 Å². The van der Waals surface area contributed by atoms with Crippen LogP contribution in [-0.4, -0.2) is 35.2 Å². The average Bonchev–Trinajstić information content (AvgIpc) is 2.99. The first-order valence-corrected chi connectivity index (χ1v) is 7.94. The summed E-state index contributed by atoms with van der Waals surface area (Å²) < 4.78 is 0. The molecule has 1 unspecified atom stereocenters. The first kappa shape index (κ1) is 15.0. The number of aliphatic hydroxyl groups is 1. The number of aliphatic hydroxyl groups excluding tert-OH is 1. The molecule has 1 fully saturated rings. The van der Waals surface area contributed by atoms with E-state index in [0.717, 1.165) is 12.1 Å². The molecule has 1 aliphatic heterocycles. The Labute approximate surface area is 124 Å². The van der Waals surface area contributed by atoms with Gasteiger partial charge in [-0.2, -0.15) is 11.8 Å². The van der Waals surface area contributed by atoms with Gasteiger partial charge in [0.15, 0.2) is 0 Å². The maximum atomic E-state index is 12.1. The van der Waals surface area contributed by atoms with Crippen LogP contribution in [0.2, 0.25) is 0 Å². The summed E-state index contributed by atoms with van der Waals surface area (Å²) in [6.07, 6.45) is 2.90. The summed E-state index contributed by atoms with van der Waals surface area (Å²) in [6, 6.07) is 7.30. The molecular weight excluding hydrogens is 270 g/mol. The van der Waals surface area contributed by atoms with Crippen molar-refractivity contribution in [3.8, 4) is 11.8 Å². The Kier molecular flexibility index (Phi) is 5.97. The monoisotopic (exact) mass is 289 g/mol. The van der Waals surface area contributed by atoms with Gasteiger partial charge in [0, 0.05) is 29.3 Å². The van der Waals surface area contributed by atoms with Gasteiger partial charge < -0.3 is 10.4 Å². The molecule has 2 rings (SSSR count). The highest BCUT2D eigenvalue weighted by Crippen LogP contribution is 2.25. The van der Waals surface area contributed by atoms with E-state index < -0.39 is 0 Å². The molecule has 0 spiro atoms. The maximum absolute atomic E-state index is 12.1. The lowest BCUT2D eigenvalue weighted by Crippen LogP contribution is -2.29. The normalized spacial score (nSPS) is 17.4. The molecule has 3 nitrogen and oxygen atoms in total. The molecule has 1 aromatic carbocycles. The molecule has 1 heterocycles.